The first-order valence-electron chi connectivity index (χ1n) is 5.58. The number of anilines is 1. The molecule has 2 rings (SSSR count). The predicted octanol–water partition coefficient (Wildman–Crippen LogP) is 3.05. The fraction of sp³-hybridized carbons (Fsp3) is 0.333. The topological polar surface area (TPSA) is 62.2 Å². The number of nitrogens with one attached hydrogen (secondary N) is 1. The molecule has 1 aromatic heterocycles. The molecule has 2 aromatic rings. The van der Waals surface area contributed by atoms with Gasteiger partial charge in [0.15, 0.2) is 5.13 Å². The van der Waals surface area contributed by atoms with E-state index in [4.69, 9.17) is 16.7 Å². The number of nitrogens with zero attached hydrogens (tertiary/aromatic N) is 1. The number of fused-ring (bicyclic) bond motifs is 1. The zero-order valence-electron chi connectivity index (χ0n) is 9.81. The van der Waals surface area contributed by atoms with Crippen LogP contribution in [0, 0.1) is 0 Å². The van der Waals surface area contributed by atoms with E-state index in [1.165, 1.54) is 11.3 Å². The van der Waals surface area contributed by atoms with Crippen molar-refractivity contribution in [3.05, 3.63) is 23.2 Å². The molecule has 0 aliphatic rings. The van der Waals surface area contributed by atoms with Gasteiger partial charge in [-0.1, -0.05) is 22.9 Å². The van der Waals surface area contributed by atoms with Crippen LogP contribution in [0.2, 0.25) is 5.02 Å². The van der Waals surface area contributed by atoms with E-state index in [0.29, 0.717) is 16.6 Å². The van der Waals surface area contributed by atoms with Crippen molar-refractivity contribution in [2.45, 2.75) is 25.9 Å². The molecule has 0 saturated heterocycles. The van der Waals surface area contributed by atoms with Gasteiger partial charge in [0.05, 0.1) is 16.3 Å². The molecule has 0 radical (unpaired) electrons. The van der Waals surface area contributed by atoms with E-state index in [1.807, 2.05) is 12.1 Å². The molecule has 1 atom stereocenters. The van der Waals surface area contributed by atoms with Gasteiger partial charge in [-0.05, 0) is 31.5 Å². The van der Waals surface area contributed by atoms with Crippen molar-refractivity contribution in [2.75, 3.05) is 5.32 Å². The van der Waals surface area contributed by atoms with Crippen molar-refractivity contribution < 1.29 is 9.90 Å². The van der Waals surface area contributed by atoms with E-state index >= 15 is 0 Å². The number of halogens is 1. The van der Waals surface area contributed by atoms with Crippen LogP contribution in [0.15, 0.2) is 18.2 Å². The first-order valence-corrected chi connectivity index (χ1v) is 6.78. The van der Waals surface area contributed by atoms with Crippen LogP contribution in [0.25, 0.3) is 10.2 Å². The molecule has 1 aromatic carbocycles. The van der Waals surface area contributed by atoms with E-state index in [0.717, 1.165) is 10.2 Å². The molecule has 0 saturated carbocycles. The second-order valence-electron chi connectivity index (χ2n) is 4.07. The van der Waals surface area contributed by atoms with Gasteiger partial charge in [0, 0.05) is 11.4 Å². The van der Waals surface area contributed by atoms with Crippen LogP contribution in [0.4, 0.5) is 5.13 Å². The molecule has 1 amide bonds. The first-order chi connectivity index (χ1) is 8.54. The maximum Gasteiger partial charge on any atom is 0.226 e. The van der Waals surface area contributed by atoms with Crippen molar-refractivity contribution in [1.29, 1.82) is 0 Å². The van der Waals surface area contributed by atoms with Gasteiger partial charge in [0.2, 0.25) is 5.91 Å². The van der Waals surface area contributed by atoms with Crippen LogP contribution >= 0.6 is 22.9 Å². The maximum atomic E-state index is 11.6. The van der Waals surface area contributed by atoms with Crippen molar-refractivity contribution in [3.63, 3.8) is 0 Å². The van der Waals surface area contributed by atoms with Crippen LogP contribution < -0.4 is 5.32 Å². The molecule has 0 bridgehead atoms. The molecule has 0 aliphatic heterocycles. The van der Waals surface area contributed by atoms with Crippen LogP contribution in [0.5, 0.6) is 0 Å². The molecule has 1 unspecified atom stereocenters. The summed E-state index contributed by atoms with van der Waals surface area (Å²) >= 11 is 7.27. The molecule has 96 valence electrons. The highest BCUT2D eigenvalue weighted by Gasteiger charge is 2.09. The van der Waals surface area contributed by atoms with Gasteiger partial charge in [-0.15, -0.1) is 0 Å². The third-order valence-corrected chi connectivity index (χ3v) is 3.55. The highest BCUT2D eigenvalue weighted by Crippen LogP contribution is 2.28. The Kier molecular flexibility index (Phi) is 4.16. The van der Waals surface area contributed by atoms with Gasteiger partial charge >= 0.3 is 0 Å². The van der Waals surface area contributed by atoms with E-state index < -0.39 is 6.10 Å². The minimum absolute atomic E-state index is 0.138. The highest BCUT2D eigenvalue weighted by molar-refractivity contribution is 7.22. The number of thiazole rings is 1. The van der Waals surface area contributed by atoms with E-state index in [2.05, 4.69) is 10.3 Å². The van der Waals surface area contributed by atoms with Crippen molar-refractivity contribution >= 4 is 44.2 Å². The van der Waals surface area contributed by atoms with Gasteiger partial charge in [0.25, 0.3) is 0 Å². The van der Waals surface area contributed by atoms with Crippen molar-refractivity contribution in [2.24, 2.45) is 0 Å². The molecule has 0 aliphatic carbocycles. The normalized spacial score (nSPS) is 12.6. The number of aliphatic hydroxyl groups excluding tert-OH is 1. The molecule has 4 nitrogen and oxygen atoms in total. The third kappa shape index (κ3) is 3.41. The number of amides is 1. The summed E-state index contributed by atoms with van der Waals surface area (Å²) in [5.74, 6) is -0.138. The average molecular weight is 285 g/mol. The molecular weight excluding hydrogens is 272 g/mol. The monoisotopic (exact) mass is 284 g/mol. The first kappa shape index (κ1) is 13.3. The molecule has 2 N–H and O–H groups in total. The van der Waals surface area contributed by atoms with Crippen LogP contribution in [-0.2, 0) is 4.79 Å². The lowest BCUT2D eigenvalue weighted by atomic mass is 10.2. The lowest BCUT2D eigenvalue weighted by Gasteiger charge is -2.03. The molecule has 1 heterocycles. The van der Waals surface area contributed by atoms with Crippen LogP contribution in [0.3, 0.4) is 0 Å². The van der Waals surface area contributed by atoms with Crippen molar-refractivity contribution in [1.82, 2.24) is 4.98 Å². The second kappa shape index (κ2) is 5.65. The zero-order valence-corrected chi connectivity index (χ0v) is 11.4. The summed E-state index contributed by atoms with van der Waals surface area (Å²) in [5, 5.41) is 13.0. The van der Waals surface area contributed by atoms with Crippen LogP contribution in [-0.4, -0.2) is 22.1 Å². The molecule has 0 spiro atoms. The lowest BCUT2D eigenvalue weighted by molar-refractivity contribution is -0.116. The number of aromatic nitrogens is 1. The predicted molar refractivity (Wildman–Crippen MR) is 74.2 cm³/mol. The molecule has 18 heavy (non-hydrogen) atoms. The van der Waals surface area contributed by atoms with Gasteiger partial charge in [-0.3, -0.25) is 4.79 Å². The van der Waals surface area contributed by atoms with Crippen molar-refractivity contribution in [3.8, 4) is 0 Å². The fourth-order valence-electron chi connectivity index (χ4n) is 1.47. The molecule has 0 fully saturated rings. The summed E-state index contributed by atoms with van der Waals surface area (Å²) in [6, 6.07) is 5.41. The highest BCUT2D eigenvalue weighted by atomic mass is 35.5. The smallest absolute Gasteiger partial charge is 0.226 e. The summed E-state index contributed by atoms with van der Waals surface area (Å²) < 4.78 is 0.938. The zero-order chi connectivity index (χ0) is 13.1. The molecular formula is C12H13ClN2O2S. The standard InChI is InChI=1S/C12H13ClN2O2S/c1-7(16)2-5-11(17)15-12-14-9-4-3-8(13)6-10(9)18-12/h3-4,6-7,16H,2,5H2,1H3,(H,14,15,17). The summed E-state index contributed by atoms with van der Waals surface area (Å²) in [4.78, 5) is 15.9. The number of rotatable bonds is 4. The Labute approximate surface area is 114 Å². The summed E-state index contributed by atoms with van der Waals surface area (Å²) in [7, 11) is 0. The third-order valence-electron chi connectivity index (χ3n) is 2.39. The Bertz CT molecular complexity index is 568. The van der Waals surface area contributed by atoms with E-state index in [-0.39, 0.29) is 12.3 Å². The number of carbonyl (C=O) groups excluding carboxylic acids is 1. The maximum absolute atomic E-state index is 11.6. The van der Waals surface area contributed by atoms with Gasteiger partial charge in [-0.2, -0.15) is 0 Å². The minimum atomic E-state index is -0.468. The Morgan fingerprint density at radius 3 is 3.11 bits per heavy atom. The average Bonchev–Trinajstić information content (AvgIpc) is 2.67. The Hall–Kier alpha value is -1.17. The summed E-state index contributed by atoms with van der Waals surface area (Å²) in [6.07, 6.45) is 0.265. The summed E-state index contributed by atoms with van der Waals surface area (Å²) in [6.45, 7) is 1.66. The fourth-order valence-corrected chi connectivity index (χ4v) is 2.63. The number of aliphatic hydroxyl groups is 1. The number of hydrogen-bond donors (Lipinski definition) is 2. The lowest BCUT2D eigenvalue weighted by Crippen LogP contribution is -2.13. The second-order valence-corrected chi connectivity index (χ2v) is 5.53. The van der Waals surface area contributed by atoms with Gasteiger partial charge < -0.3 is 10.4 Å². The summed E-state index contributed by atoms with van der Waals surface area (Å²) in [5.41, 5.74) is 0.815. The largest absolute Gasteiger partial charge is 0.393 e. The van der Waals surface area contributed by atoms with E-state index in [9.17, 15) is 4.79 Å². The van der Waals surface area contributed by atoms with Crippen LogP contribution in [0.1, 0.15) is 19.8 Å². The van der Waals surface area contributed by atoms with Gasteiger partial charge in [-0.25, -0.2) is 4.98 Å². The number of benzene rings is 1. The Balaban J connectivity index is 2.05. The SMILES string of the molecule is CC(O)CCC(=O)Nc1nc2ccc(Cl)cc2s1. The van der Waals surface area contributed by atoms with Gasteiger partial charge in [0.1, 0.15) is 0 Å². The Morgan fingerprint density at radius 2 is 2.39 bits per heavy atom. The van der Waals surface area contributed by atoms with E-state index in [1.54, 1.807) is 13.0 Å². The number of hydrogen-bond acceptors (Lipinski definition) is 4. The Morgan fingerprint density at radius 1 is 1.61 bits per heavy atom. The molecule has 6 heteroatoms. The minimum Gasteiger partial charge on any atom is -0.393 e. The quantitative estimate of drug-likeness (QED) is 0.907. The number of carbonyl (C=O) groups is 1.